The van der Waals surface area contributed by atoms with Gasteiger partial charge in [-0.1, -0.05) is 0 Å². The molecule has 0 aliphatic carbocycles. The zero-order chi connectivity index (χ0) is 12.7. The van der Waals surface area contributed by atoms with E-state index in [4.69, 9.17) is 4.74 Å². The number of hydrogen-bond donors (Lipinski definition) is 1. The molecule has 3 rings (SSSR count). The van der Waals surface area contributed by atoms with E-state index in [-0.39, 0.29) is 17.8 Å². The first-order chi connectivity index (χ1) is 8.65. The molecule has 1 N–H and O–H groups in total. The molecule has 0 radical (unpaired) electrons. The van der Waals surface area contributed by atoms with E-state index in [1.165, 1.54) is 0 Å². The van der Waals surface area contributed by atoms with Crippen LogP contribution in [0, 0.1) is 5.92 Å². The zero-order valence-electron chi connectivity index (χ0n) is 9.94. The number of carbonyl (C=O) groups excluding carboxylic acids is 1. The van der Waals surface area contributed by atoms with Crippen LogP contribution in [0.2, 0.25) is 0 Å². The van der Waals surface area contributed by atoms with Crippen LogP contribution in [0.1, 0.15) is 23.7 Å². The van der Waals surface area contributed by atoms with Crippen molar-refractivity contribution >= 4 is 32.7 Å². The largest absolute Gasteiger partial charge is 0.378 e. The van der Waals surface area contributed by atoms with Crippen LogP contribution >= 0.6 is 15.9 Å². The number of nitrogens with zero attached hydrogens (tertiary/aromatic N) is 1. The second-order valence-corrected chi connectivity index (χ2v) is 5.61. The summed E-state index contributed by atoms with van der Waals surface area (Å²) in [7, 11) is 0. The molecule has 0 saturated carbocycles. The van der Waals surface area contributed by atoms with Crippen LogP contribution in [0.15, 0.2) is 22.9 Å². The van der Waals surface area contributed by atoms with Crippen molar-refractivity contribution < 1.29 is 9.53 Å². The van der Waals surface area contributed by atoms with Gasteiger partial charge in [0.1, 0.15) is 5.65 Å². The SMILES string of the molecule is CC1CC(C(=O)c2c[nH]c3ncc(Br)cc23)CO1. The van der Waals surface area contributed by atoms with Crippen LogP contribution < -0.4 is 0 Å². The lowest BCUT2D eigenvalue weighted by atomic mass is 9.95. The molecular weight excluding hydrogens is 296 g/mol. The number of rotatable bonds is 2. The van der Waals surface area contributed by atoms with E-state index >= 15 is 0 Å². The fraction of sp³-hybridized carbons (Fsp3) is 0.385. The number of nitrogens with one attached hydrogen (secondary N) is 1. The molecule has 1 aliphatic heterocycles. The number of pyridine rings is 1. The first-order valence-electron chi connectivity index (χ1n) is 5.93. The van der Waals surface area contributed by atoms with E-state index in [1.54, 1.807) is 12.4 Å². The number of hydrogen-bond acceptors (Lipinski definition) is 3. The predicted octanol–water partition coefficient (Wildman–Crippen LogP) is 2.93. The molecule has 5 heteroatoms. The van der Waals surface area contributed by atoms with Gasteiger partial charge in [0.05, 0.1) is 12.7 Å². The Morgan fingerprint density at radius 1 is 1.61 bits per heavy atom. The maximum atomic E-state index is 12.4. The third-order valence-corrected chi connectivity index (χ3v) is 3.77. The lowest BCUT2D eigenvalue weighted by molar-refractivity contribution is 0.0879. The molecule has 1 fully saturated rings. The molecule has 0 aromatic carbocycles. The highest BCUT2D eigenvalue weighted by atomic mass is 79.9. The molecule has 0 spiro atoms. The van der Waals surface area contributed by atoms with Gasteiger partial charge in [-0.05, 0) is 35.3 Å². The van der Waals surface area contributed by atoms with Gasteiger partial charge in [-0.3, -0.25) is 4.79 Å². The van der Waals surface area contributed by atoms with E-state index in [2.05, 4.69) is 25.9 Å². The minimum Gasteiger partial charge on any atom is -0.378 e. The van der Waals surface area contributed by atoms with Crippen molar-refractivity contribution in [2.75, 3.05) is 6.61 Å². The summed E-state index contributed by atoms with van der Waals surface area (Å²) < 4.78 is 6.34. The maximum absolute atomic E-state index is 12.4. The lowest BCUT2D eigenvalue weighted by Crippen LogP contribution is -2.14. The van der Waals surface area contributed by atoms with Crippen molar-refractivity contribution in [2.24, 2.45) is 5.92 Å². The molecule has 94 valence electrons. The van der Waals surface area contributed by atoms with Gasteiger partial charge in [0.25, 0.3) is 0 Å². The Morgan fingerprint density at radius 3 is 3.17 bits per heavy atom. The second kappa shape index (κ2) is 4.48. The number of halogens is 1. The number of ketones is 1. The van der Waals surface area contributed by atoms with Gasteiger partial charge in [-0.25, -0.2) is 4.98 Å². The Bertz CT molecular complexity index is 608. The maximum Gasteiger partial charge on any atom is 0.170 e. The molecule has 3 heterocycles. The first kappa shape index (κ1) is 11.9. The summed E-state index contributed by atoms with van der Waals surface area (Å²) in [6.45, 7) is 2.52. The summed E-state index contributed by atoms with van der Waals surface area (Å²) >= 11 is 3.38. The molecule has 4 nitrogen and oxygen atoms in total. The van der Waals surface area contributed by atoms with Crippen LogP contribution in [0.25, 0.3) is 11.0 Å². The Hall–Kier alpha value is -1.20. The van der Waals surface area contributed by atoms with E-state index < -0.39 is 0 Å². The Balaban J connectivity index is 1.99. The average molecular weight is 309 g/mol. The topological polar surface area (TPSA) is 55.0 Å². The third kappa shape index (κ3) is 1.97. The van der Waals surface area contributed by atoms with Gasteiger partial charge in [0.2, 0.25) is 0 Å². The summed E-state index contributed by atoms with van der Waals surface area (Å²) in [5.74, 6) is 0.114. The van der Waals surface area contributed by atoms with Gasteiger partial charge in [0, 0.05) is 33.7 Å². The standard InChI is InChI=1S/C13H13BrN2O2/c1-7-2-8(6-18-7)12(17)11-5-16-13-10(11)3-9(14)4-15-13/h3-5,7-8H,2,6H2,1H3,(H,15,16). The normalized spacial score (nSPS) is 23.7. The van der Waals surface area contributed by atoms with Crippen LogP contribution in [-0.2, 0) is 4.74 Å². The molecular formula is C13H13BrN2O2. The molecule has 18 heavy (non-hydrogen) atoms. The van der Waals surface area contributed by atoms with E-state index in [0.29, 0.717) is 12.2 Å². The summed E-state index contributed by atoms with van der Waals surface area (Å²) in [4.78, 5) is 19.7. The van der Waals surface area contributed by atoms with Crippen molar-refractivity contribution in [2.45, 2.75) is 19.4 Å². The minimum absolute atomic E-state index is 0.0296. The zero-order valence-corrected chi connectivity index (χ0v) is 11.5. The number of aromatic amines is 1. The molecule has 1 aliphatic rings. The molecule has 0 amide bonds. The molecule has 2 aromatic rings. The van der Waals surface area contributed by atoms with Crippen molar-refractivity contribution in [1.29, 1.82) is 0 Å². The Kier molecular flexibility index (Phi) is 2.95. The number of carbonyl (C=O) groups is 1. The van der Waals surface area contributed by atoms with Gasteiger partial charge in [0.15, 0.2) is 5.78 Å². The summed E-state index contributed by atoms with van der Waals surface area (Å²) in [5, 5.41) is 0.869. The average Bonchev–Trinajstić information content (AvgIpc) is 2.94. The molecule has 1 saturated heterocycles. The quantitative estimate of drug-likeness (QED) is 0.868. The van der Waals surface area contributed by atoms with Crippen molar-refractivity contribution in [3.63, 3.8) is 0 Å². The van der Waals surface area contributed by atoms with Gasteiger partial charge < -0.3 is 9.72 Å². The Morgan fingerprint density at radius 2 is 2.44 bits per heavy atom. The molecule has 2 aromatic heterocycles. The fourth-order valence-electron chi connectivity index (χ4n) is 2.40. The predicted molar refractivity (Wildman–Crippen MR) is 71.6 cm³/mol. The lowest BCUT2D eigenvalue weighted by Gasteiger charge is -2.05. The highest BCUT2D eigenvalue weighted by Crippen LogP contribution is 2.27. The number of Topliss-reactive ketones (excluding diaryl/α,β-unsaturated/α-hetero) is 1. The monoisotopic (exact) mass is 308 g/mol. The fourth-order valence-corrected chi connectivity index (χ4v) is 2.73. The number of H-pyrrole nitrogens is 1. The first-order valence-corrected chi connectivity index (χ1v) is 6.73. The second-order valence-electron chi connectivity index (χ2n) is 4.69. The van der Waals surface area contributed by atoms with Crippen molar-refractivity contribution in [3.8, 4) is 0 Å². The number of fused-ring (bicyclic) bond motifs is 1. The van der Waals surface area contributed by atoms with Gasteiger partial charge >= 0.3 is 0 Å². The third-order valence-electron chi connectivity index (χ3n) is 3.33. The highest BCUT2D eigenvalue weighted by Gasteiger charge is 2.30. The van der Waals surface area contributed by atoms with Crippen LogP contribution in [0.3, 0.4) is 0 Å². The van der Waals surface area contributed by atoms with Gasteiger partial charge in [-0.2, -0.15) is 0 Å². The molecule has 2 unspecified atom stereocenters. The summed E-state index contributed by atoms with van der Waals surface area (Å²) in [6.07, 6.45) is 4.44. The van der Waals surface area contributed by atoms with Crippen LogP contribution in [-0.4, -0.2) is 28.5 Å². The van der Waals surface area contributed by atoms with Crippen molar-refractivity contribution in [1.82, 2.24) is 9.97 Å². The summed E-state index contributed by atoms with van der Waals surface area (Å²) in [6, 6.07) is 1.92. The molecule has 2 atom stereocenters. The van der Waals surface area contributed by atoms with Crippen LogP contribution in [0.5, 0.6) is 0 Å². The smallest absolute Gasteiger partial charge is 0.170 e. The minimum atomic E-state index is -0.0296. The van der Waals surface area contributed by atoms with Gasteiger partial charge in [-0.15, -0.1) is 0 Å². The number of ether oxygens (including phenoxy) is 1. The Labute approximate surface area is 113 Å². The van der Waals surface area contributed by atoms with E-state index in [1.807, 2.05) is 13.0 Å². The van der Waals surface area contributed by atoms with Crippen molar-refractivity contribution in [3.05, 3.63) is 28.5 Å². The molecule has 0 bridgehead atoms. The highest BCUT2D eigenvalue weighted by molar-refractivity contribution is 9.10. The van der Waals surface area contributed by atoms with E-state index in [0.717, 1.165) is 21.9 Å². The summed E-state index contributed by atoms with van der Waals surface area (Å²) in [5.41, 5.74) is 1.45. The van der Waals surface area contributed by atoms with E-state index in [9.17, 15) is 4.79 Å². The van der Waals surface area contributed by atoms with Crippen LogP contribution in [0.4, 0.5) is 0 Å². The number of aromatic nitrogens is 2.